The number of rotatable bonds is 11. The fourth-order valence-electron chi connectivity index (χ4n) is 2.75. The van der Waals surface area contributed by atoms with Gasteiger partial charge in [0.1, 0.15) is 0 Å². The average Bonchev–Trinajstić information content (AvgIpc) is 2.75. The summed E-state index contributed by atoms with van der Waals surface area (Å²) in [5.74, 6) is 0. The minimum atomic E-state index is 0.567. The molecular weight excluding hydrogens is 328 g/mol. The van der Waals surface area contributed by atoms with Crippen LogP contribution in [-0.2, 0) is 0 Å². The molecule has 0 aromatic carbocycles. The summed E-state index contributed by atoms with van der Waals surface area (Å²) in [6.07, 6.45) is 14.0. The zero-order valence-electron chi connectivity index (χ0n) is 13.5. The number of halogens is 1. The lowest BCUT2D eigenvalue weighted by molar-refractivity contribution is 0.556. The molecule has 0 aliphatic heterocycles. The lowest BCUT2D eigenvalue weighted by Gasteiger charge is -2.09. The first kappa shape index (κ1) is 18.2. The molecule has 20 heavy (non-hydrogen) atoms. The van der Waals surface area contributed by atoms with Crippen molar-refractivity contribution in [3.05, 3.63) is 21.4 Å². The Morgan fingerprint density at radius 2 is 1.50 bits per heavy atom. The third kappa shape index (κ3) is 7.26. The molecular formula is C18H31BrS. The highest BCUT2D eigenvalue weighted by atomic mass is 79.9. The van der Waals surface area contributed by atoms with Crippen LogP contribution in [0.5, 0.6) is 0 Å². The Hall–Kier alpha value is 0.180. The Labute approximate surface area is 138 Å². The number of aryl methyl sites for hydroxylation is 2. The van der Waals surface area contributed by atoms with Gasteiger partial charge in [-0.3, -0.25) is 0 Å². The van der Waals surface area contributed by atoms with Crippen molar-refractivity contribution in [1.29, 1.82) is 0 Å². The van der Waals surface area contributed by atoms with Crippen molar-refractivity contribution < 1.29 is 0 Å². The summed E-state index contributed by atoms with van der Waals surface area (Å²) in [6, 6.07) is 2.35. The van der Waals surface area contributed by atoms with Crippen molar-refractivity contribution in [3.8, 4) is 0 Å². The quantitative estimate of drug-likeness (QED) is 0.280. The Morgan fingerprint density at radius 3 is 2.00 bits per heavy atom. The SMILES string of the molecule is CCCCCCCCCCCC(Br)c1cc(C)sc1C. The molecule has 0 bridgehead atoms. The van der Waals surface area contributed by atoms with E-state index in [0.29, 0.717) is 4.83 Å². The number of alkyl halides is 1. The molecule has 2 heteroatoms. The summed E-state index contributed by atoms with van der Waals surface area (Å²) in [5.41, 5.74) is 1.52. The van der Waals surface area contributed by atoms with Crippen LogP contribution in [0.2, 0.25) is 0 Å². The van der Waals surface area contributed by atoms with Crippen LogP contribution in [0.4, 0.5) is 0 Å². The third-order valence-corrected chi connectivity index (χ3v) is 5.91. The van der Waals surface area contributed by atoms with Crippen molar-refractivity contribution in [1.82, 2.24) is 0 Å². The summed E-state index contributed by atoms with van der Waals surface area (Å²) >= 11 is 5.79. The molecule has 1 heterocycles. The molecule has 0 saturated carbocycles. The molecule has 0 fully saturated rings. The van der Waals surface area contributed by atoms with Crippen LogP contribution in [0.25, 0.3) is 0 Å². The predicted molar refractivity (Wildman–Crippen MR) is 97.3 cm³/mol. The van der Waals surface area contributed by atoms with Crippen LogP contribution in [0.3, 0.4) is 0 Å². The maximum Gasteiger partial charge on any atom is 0.0406 e. The number of unbranched alkanes of at least 4 members (excludes halogenated alkanes) is 8. The first-order valence-electron chi connectivity index (χ1n) is 8.36. The second kappa shape index (κ2) is 10.8. The zero-order chi connectivity index (χ0) is 14.8. The smallest absolute Gasteiger partial charge is 0.0406 e. The van der Waals surface area contributed by atoms with E-state index >= 15 is 0 Å². The van der Waals surface area contributed by atoms with E-state index in [2.05, 4.69) is 42.8 Å². The largest absolute Gasteiger partial charge is 0.146 e. The van der Waals surface area contributed by atoms with Gasteiger partial charge in [-0.05, 0) is 31.9 Å². The van der Waals surface area contributed by atoms with Crippen molar-refractivity contribution in [2.75, 3.05) is 0 Å². The molecule has 0 spiro atoms. The van der Waals surface area contributed by atoms with E-state index in [0.717, 1.165) is 0 Å². The average molecular weight is 359 g/mol. The highest BCUT2D eigenvalue weighted by Crippen LogP contribution is 2.35. The summed E-state index contributed by atoms with van der Waals surface area (Å²) < 4.78 is 0. The van der Waals surface area contributed by atoms with E-state index in [1.165, 1.54) is 79.5 Å². The second-order valence-corrected chi connectivity index (χ2v) is 8.52. The van der Waals surface area contributed by atoms with Crippen molar-refractivity contribution >= 4 is 27.3 Å². The van der Waals surface area contributed by atoms with E-state index in [1.54, 1.807) is 0 Å². The van der Waals surface area contributed by atoms with Crippen LogP contribution >= 0.6 is 27.3 Å². The van der Waals surface area contributed by atoms with Gasteiger partial charge < -0.3 is 0 Å². The fourth-order valence-corrected chi connectivity index (χ4v) is 4.69. The molecule has 1 rings (SSSR count). The summed E-state index contributed by atoms with van der Waals surface area (Å²) in [6.45, 7) is 6.74. The maximum absolute atomic E-state index is 3.87. The van der Waals surface area contributed by atoms with E-state index < -0.39 is 0 Å². The molecule has 1 aromatic rings. The Balaban J connectivity index is 2.02. The Kier molecular flexibility index (Phi) is 9.88. The predicted octanol–water partition coefficient (Wildman–Crippen LogP) is 7.72. The third-order valence-electron chi connectivity index (χ3n) is 3.98. The molecule has 0 nitrogen and oxygen atoms in total. The zero-order valence-corrected chi connectivity index (χ0v) is 15.9. The van der Waals surface area contributed by atoms with Gasteiger partial charge in [-0.15, -0.1) is 11.3 Å². The van der Waals surface area contributed by atoms with E-state index in [-0.39, 0.29) is 0 Å². The number of thiophene rings is 1. The Bertz CT molecular complexity index is 356. The van der Waals surface area contributed by atoms with Crippen molar-refractivity contribution in [2.24, 2.45) is 0 Å². The highest BCUT2D eigenvalue weighted by Gasteiger charge is 2.12. The summed E-state index contributed by atoms with van der Waals surface area (Å²) in [7, 11) is 0. The standard InChI is InChI=1S/C18H31BrS/c1-4-5-6-7-8-9-10-11-12-13-18(19)17-14-15(2)20-16(17)3/h14,18H,4-13H2,1-3H3. The topological polar surface area (TPSA) is 0 Å². The van der Waals surface area contributed by atoms with Crippen molar-refractivity contribution in [3.63, 3.8) is 0 Å². The van der Waals surface area contributed by atoms with E-state index in [9.17, 15) is 0 Å². The highest BCUT2D eigenvalue weighted by molar-refractivity contribution is 9.09. The van der Waals surface area contributed by atoms with Gasteiger partial charge in [0.2, 0.25) is 0 Å². The molecule has 116 valence electrons. The summed E-state index contributed by atoms with van der Waals surface area (Å²) in [5, 5.41) is 0. The van der Waals surface area contributed by atoms with Gasteiger partial charge in [-0.25, -0.2) is 0 Å². The Morgan fingerprint density at radius 1 is 0.950 bits per heavy atom. The lowest BCUT2D eigenvalue weighted by atomic mass is 10.0. The van der Waals surface area contributed by atoms with Crippen LogP contribution in [0, 0.1) is 13.8 Å². The number of hydrogen-bond acceptors (Lipinski definition) is 1. The van der Waals surface area contributed by atoms with E-state index in [4.69, 9.17) is 0 Å². The van der Waals surface area contributed by atoms with Crippen LogP contribution < -0.4 is 0 Å². The van der Waals surface area contributed by atoms with E-state index in [1.807, 2.05) is 11.3 Å². The molecule has 0 saturated heterocycles. The molecule has 0 radical (unpaired) electrons. The lowest BCUT2D eigenvalue weighted by Crippen LogP contribution is -1.90. The van der Waals surface area contributed by atoms with Gasteiger partial charge in [-0.2, -0.15) is 0 Å². The van der Waals surface area contributed by atoms with Crippen LogP contribution in [0.15, 0.2) is 6.07 Å². The van der Waals surface area contributed by atoms with Gasteiger partial charge in [0.05, 0.1) is 0 Å². The number of hydrogen-bond donors (Lipinski definition) is 0. The van der Waals surface area contributed by atoms with Crippen molar-refractivity contribution in [2.45, 2.75) is 89.8 Å². The molecule has 0 amide bonds. The van der Waals surface area contributed by atoms with Crippen LogP contribution in [-0.4, -0.2) is 0 Å². The second-order valence-electron chi connectivity index (χ2n) is 5.95. The normalized spacial score (nSPS) is 12.8. The van der Waals surface area contributed by atoms with Gasteiger partial charge in [-0.1, -0.05) is 80.6 Å². The molecule has 1 unspecified atom stereocenters. The molecule has 1 atom stereocenters. The first-order valence-corrected chi connectivity index (χ1v) is 10.1. The first-order chi connectivity index (χ1) is 9.65. The summed E-state index contributed by atoms with van der Waals surface area (Å²) in [4.78, 5) is 3.49. The molecule has 0 aliphatic carbocycles. The molecule has 0 aliphatic rings. The van der Waals surface area contributed by atoms with Gasteiger partial charge >= 0.3 is 0 Å². The monoisotopic (exact) mass is 358 g/mol. The molecule has 0 N–H and O–H groups in total. The van der Waals surface area contributed by atoms with Gasteiger partial charge in [0.15, 0.2) is 0 Å². The molecule has 1 aromatic heterocycles. The maximum atomic E-state index is 3.87. The minimum absolute atomic E-state index is 0.567. The van der Waals surface area contributed by atoms with Crippen LogP contribution in [0.1, 0.15) is 91.3 Å². The van der Waals surface area contributed by atoms with Gasteiger partial charge in [0.25, 0.3) is 0 Å². The minimum Gasteiger partial charge on any atom is -0.146 e. The fraction of sp³-hybridized carbons (Fsp3) is 0.778. The van der Waals surface area contributed by atoms with Gasteiger partial charge in [0, 0.05) is 14.6 Å².